The fourth-order valence-electron chi connectivity index (χ4n) is 2.31. The van der Waals surface area contributed by atoms with Crippen molar-refractivity contribution in [3.05, 3.63) is 69.2 Å². The zero-order valence-electron chi connectivity index (χ0n) is 13.4. The SMILES string of the molecule is CCN(Cc1ccc(Cl)cc1Cl)C(=O)c1ccccc1C(=O)OC. The number of hydrogen-bond donors (Lipinski definition) is 0. The highest BCUT2D eigenvalue weighted by atomic mass is 35.5. The van der Waals surface area contributed by atoms with Gasteiger partial charge < -0.3 is 9.64 Å². The van der Waals surface area contributed by atoms with Crippen LogP contribution in [0.3, 0.4) is 0 Å². The van der Waals surface area contributed by atoms with Crippen LogP contribution in [0.5, 0.6) is 0 Å². The van der Waals surface area contributed by atoms with Crippen LogP contribution in [-0.2, 0) is 11.3 Å². The average Bonchev–Trinajstić information content (AvgIpc) is 2.60. The number of halogens is 2. The Morgan fingerprint density at radius 3 is 2.33 bits per heavy atom. The van der Waals surface area contributed by atoms with Crippen molar-refractivity contribution in [3.63, 3.8) is 0 Å². The van der Waals surface area contributed by atoms with E-state index in [1.54, 1.807) is 47.4 Å². The summed E-state index contributed by atoms with van der Waals surface area (Å²) in [5.74, 6) is -0.802. The molecule has 0 atom stereocenters. The lowest BCUT2D eigenvalue weighted by molar-refractivity contribution is 0.0590. The van der Waals surface area contributed by atoms with Gasteiger partial charge in [-0.1, -0.05) is 41.4 Å². The average molecular weight is 366 g/mol. The Labute approximate surface area is 150 Å². The molecule has 1 amide bonds. The second-order valence-corrected chi connectivity index (χ2v) is 5.94. The van der Waals surface area contributed by atoms with Crippen LogP contribution in [0.1, 0.15) is 33.2 Å². The van der Waals surface area contributed by atoms with E-state index >= 15 is 0 Å². The van der Waals surface area contributed by atoms with E-state index in [1.807, 2.05) is 6.92 Å². The first-order chi connectivity index (χ1) is 11.5. The number of benzene rings is 2. The van der Waals surface area contributed by atoms with Crippen LogP contribution >= 0.6 is 23.2 Å². The molecule has 0 bridgehead atoms. The highest BCUT2D eigenvalue weighted by molar-refractivity contribution is 6.35. The second-order valence-electron chi connectivity index (χ2n) is 5.09. The Bertz CT molecular complexity index is 762. The van der Waals surface area contributed by atoms with Crippen LogP contribution in [0.4, 0.5) is 0 Å². The number of carbonyl (C=O) groups is 2. The molecule has 0 saturated heterocycles. The first-order valence-electron chi connectivity index (χ1n) is 7.38. The van der Waals surface area contributed by atoms with E-state index < -0.39 is 5.97 Å². The van der Waals surface area contributed by atoms with Gasteiger partial charge in [0.1, 0.15) is 0 Å². The molecule has 0 saturated carbocycles. The molecule has 0 aliphatic rings. The fourth-order valence-corrected chi connectivity index (χ4v) is 2.78. The molecule has 0 aliphatic heterocycles. The zero-order valence-corrected chi connectivity index (χ0v) is 14.9. The Morgan fingerprint density at radius 1 is 1.08 bits per heavy atom. The predicted octanol–water partition coefficient (Wildman–Crippen LogP) is 4.44. The Kier molecular flexibility index (Phi) is 6.23. The van der Waals surface area contributed by atoms with Crippen molar-refractivity contribution < 1.29 is 14.3 Å². The molecule has 0 unspecified atom stereocenters. The maximum atomic E-state index is 12.8. The van der Waals surface area contributed by atoms with E-state index in [0.717, 1.165) is 5.56 Å². The molecule has 0 N–H and O–H groups in total. The molecular weight excluding hydrogens is 349 g/mol. The normalized spacial score (nSPS) is 10.3. The van der Waals surface area contributed by atoms with Crippen LogP contribution in [-0.4, -0.2) is 30.4 Å². The van der Waals surface area contributed by atoms with Gasteiger partial charge in [0.2, 0.25) is 0 Å². The lowest BCUT2D eigenvalue weighted by Crippen LogP contribution is -2.31. The second kappa shape index (κ2) is 8.18. The first kappa shape index (κ1) is 18.3. The van der Waals surface area contributed by atoms with Crippen LogP contribution in [0, 0.1) is 0 Å². The summed E-state index contributed by atoms with van der Waals surface area (Å²) < 4.78 is 4.75. The molecule has 0 aliphatic carbocycles. The number of nitrogens with zero attached hydrogens (tertiary/aromatic N) is 1. The summed E-state index contributed by atoms with van der Waals surface area (Å²) in [7, 11) is 1.29. The number of methoxy groups -OCH3 is 1. The molecule has 0 radical (unpaired) electrons. The van der Waals surface area contributed by atoms with E-state index in [2.05, 4.69) is 0 Å². The summed E-state index contributed by atoms with van der Waals surface area (Å²) in [4.78, 5) is 26.3. The Morgan fingerprint density at radius 2 is 1.75 bits per heavy atom. The number of ether oxygens (including phenoxy) is 1. The number of carbonyl (C=O) groups excluding carboxylic acids is 2. The van der Waals surface area contributed by atoms with Gasteiger partial charge >= 0.3 is 5.97 Å². The van der Waals surface area contributed by atoms with Gasteiger partial charge in [0.15, 0.2) is 0 Å². The minimum Gasteiger partial charge on any atom is -0.465 e. The third kappa shape index (κ3) is 4.08. The van der Waals surface area contributed by atoms with E-state index in [4.69, 9.17) is 27.9 Å². The molecule has 126 valence electrons. The summed E-state index contributed by atoms with van der Waals surface area (Å²) in [6, 6.07) is 11.7. The maximum Gasteiger partial charge on any atom is 0.338 e. The third-order valence-corrected chi connectivity index (χ3v) is 4.19. The van der Waals surface area contributed by atoms with Crippen LogP contribution < -0.4 is 0 Å². The molecule has 2 aromatic rings. The summed E-state index contributed by atoms with van der Waals surface area (Å²) in [6.07, 6.45) is 0. The van der Waals surface area contributed by atoms with Crippen LogP contribution in [0.25, 0.3) is 0 Å². The van der Waals surface area contributed by atoms with Crippen molar-refractivity contribution in [2.24, 2.45) is 0 Å². The number of rotatable bonds is 5. The van der Waals surface area contributed by atoms with Gasteiger partial charge in [0.25, 0.3) is 5.91 Å². The summed E-state index contributed by atoms with van der Waals surface area (Å²) in [5.41, 5.74) is 1.33. The van der Waals surface area contributed by atoms with Crippen molar-refractivity contribution in [2.45, 2.75) is 13.5 Å². The lowest BCUT2D eigenvalue weighted by atomic mass is 10.1. The number of amides is 1. The smallest absolute Gasteiger partial charge is 0.338 e. The third-order valence-electron chi connectivity index (χ3n) is 3.61. The van der Waals surface area contributed by atoms with Gasteiger partial charge in [-0.2, -0.15) is 0 Å². The number of esters is 1. The van der Waals surface area contributed by atoms with Crippen LogP contribution in [0.15, 0.2) is 42.5 Å². The Balaban J connectivity index is 2.31. The minimum absolute atomic E-state index is 0.241. The molecule has 24 heavy (non-hydrogen) atoms. The van der Waals surface area contributed by atoms with Gasteiger partial charge in [-0.3, -0.25) is 4.79 Å². The molecule has 2 aromatic carbocycles. The van der Waals surface area contributed by atoms with E-state index in [0.29, 0.717) is 28.7 Å². The van der Waals surface area contributed by atoms with Gasteiger partial charge in [-0.15, -0.1) is 0 Å². The molecule has 0 aromatic heterocycles. The summed E-state index contributed by atoms with van der Waals surface area (Å²) in [5, 5.41) is 1.03. The van der Waals surface area contributed by atoms with E-state index in [1.165, 1.54) is 7.11 Å². The van der Waals surface area contributed by atoms with Crippen molar-refractivity contribution in [1.29, 1.82) is 0 Å². The number of hydrogen-bond acceptors (Lipinski definition) is 3. The molecule has 4 nitrogen and oxygen atoms in total. The quantitative estimate of drug-likeness (QED) is 0.735. The highest BCUT2D eigenvalue weighted by Gasteiger charge is 2.22. The first-order valence-corrected chi connectivity index (χ1v) is 8.14. The van der Waals surface area contributed by atoms with Crippen molar-refractivity contribution in [3.8, 4) is 0 Å². The van der Waals surface area contributed by atoms with E-state index in [-0.39, 0.29) is 11.5 Å². The molecular formula is C18H17Cl2NO3. The molecule has 0 spiro atoms. The zero-order chi connectivity index (χ0) is 17.7. The Hall–Kier alpha value is -2.04. The van der Waals surface area contributed by atoms with Crippen molar-refractivity contribution in [1.82, 2.24) is 4.90 Å². The maximum absolute atomic E-state index is 12.8. The van der Waals surface area contributed by atoms with Crippen molar-refractivity contribution >= 4 is 35.1 Å². The van der Waals surface area contributed by atoms with Gasteiger partial charge in [-0.05, 0) is 36.8 Å². The minimum atomic E-state index is -0.542. The van der Waals surface area contributed by atoms with Gasteiger partial charge in [-0.25, -0.2) is 4.79 Å². The molecule has 0 fully saturated rings. The monoisotopic (exact) mass is 365 g/mol. The summed E-state index contributed by atoms with van der Waals surface area (Å²) >= 11 is 12.1. The predicted molar refractivity (Wildman–Crippen MR) is 94.7 cm³/mol. The van der Waals surface area contributed by atoms with Gasteiger partial charge in [0, 0.05) is 23.1 Å². The molecule has 2 rings (SSSR count). The summed E-state index contributed by atoms with van der Waals surface area (Å²) in [6.45, 7) is 2.65. The topological polar surface area (TPSA) is 46.6 Å². The van der Waals surface area contributed by atoms with Gasteiger partial charge in [0.05, 0.1) is 18.2 Å². The highest BCUT2D eigenvalue weighted by Crippen LogP contribution is 2.23. The molecule has 0 heterocycles. The van der Waals surface area contributed by atoms with E-state index in [9.17, 15) is 9.59 Å². The largest absolute Gasteiger partial charge is 0.465 e. The molecule has 6 heteroatoms. The van der Waals surface area contributed by atoms with Crippen LogP contribution in [0.2, 0.25) is 10.0 Å². The fraction of sp³-hybridized carbons (Fsp3) is 0.222. The van der Waals surface area contributed by atoms with Crippen molar-refractivity contribution in [2.75, 3.05) is 13.7 Å². The standard InChI is InChI=1S/C18H17Cl2NO3/c1-3-21(11-12-8-9-13(19)10-16(12)20)17(22)14-6-4-5-7-15(14)18(23)24-2/h4-10H,3,11H2,1-2H3. The lowest BCUT2D eigenvalue weighted by Gasteiger charge is -2.22.